The van der Waals surface area contributed by atoms with E-state index in [0.29, 0.717) is 19.4 Å². The second-order valence-corrected chi connectivity index (χ2v) is 6.04. The maximum Gasteiger partial charge on any atom is 0.258 e. The summed E-state index contributed by atoms with van der Waals surface area (Å²) in [5, 5.41) is 3.35. The van der Waals surface area contributed by atoms with Gasteiger partial charge in [-0.2, -0.15) is 0 Å². The molecule has 5 heteroatoms. The van der Waals surface area contributed by atoms with Crippen LogP contribution in [0.1, 0.15) is 32.6 Å². The third kappa shape index (κ3) is 1.95. The van der Waals surface area contributed by atoms with Crippen molar-refractivity contribution in [2.24, 2.45) is 5.41 Å². The summed E-state index contributed by atoms with van der Waals surface area (Å²) in [6.45, 7) is 4.59. The fourth-order valence-corrected chi connectivity index (χ4v) is 3.25. The number of imide groups is 1. The highest BCUT2D eigenvalue weighted by atomic mass is 16.5. The summed E-state index contributed by atoms with van der Waals surface area (Å²) in [6.07, 6.45) is 2.82. The Morgan fingerprint density at radius 1 is 1.33 bits per heavy atom. The molecule has 5 nitrogen and oxygen atoms in total. The molecule has 0 saturated carbocycles. The van der Waals surface area contributed by atoms with E-state index in [0.717, 1.165) is 25.9 Å². The minimum absolute atomic E-state index is 0.0142. The number of fused-ring (bicyclic) bond motifs is 2. The zero-order valence-electron chi connectivity index (χ0n) is 10.8. The molecule has 2 amide bonds. The van der Waals surface area contributed by atoms with Crippen molar-refractivity contribution in [2.45, 2.75) is 44.8 Å². The van der Waals surface area contributed by atoms with Crippen LogP contribution >= 0.6 is 0 Å². The van der Waals surface area contributed by atoms with Crippen LogP contribution in [0.15, 0.2) is 0 Å². The molecule has 3 unspecified atom stereocenters. The van der Waals surface area contributed by atoms with E-state index in [9.17, 15) is 9.59 Å². The van der Waals surface area contributed by atoms with E-state index < -0.39 is 0 Å². The van der Waals surface area contributed by atoms with E-state index >= 15 is 0 Å². The second-order valence-electron chi connectivity index (χ2n) is 6.04. The van der Waals surface area contributed by atoms with Crippen molar-refractivity contribution in [3.63, 3.8) is 0 Å². The minimum Gasteiger partial charge on any atom is -0.355 e. The normalized spacial score (nSPS) is 40.4. The van der Waals surface area contributed by atoms with E-state index in [2.05, 4.69) is 12.2 Å². The van der Waals surface area contributed by atoms with Crippen LogP contribution in [-0.4, -0.2) is 48.6 Å². The van der Waals surface area contributed by atoms with Crippen LogP contribution in [0.3, 0.4) is 0 Å². The highest BCUT2D eigenvalue weighted by Gasteiger charge is 2.48. The first-order chi connectivity index (χ1) is 8.59. The Bertz CT molecular complexity index is 354. The van der Waals surface area contributed by atoms with E-state index in [4.69, 9.17) is 4.74 Å². The summed E-state index contributed by atoms with van der Waals surface area (Å²) in [5.74, 6) is -0.249. The quantitative estimate of drug-likeness (QED) is 0.718. The molecule has 0 aliphatic carbocycles. The van der Waals surface area contributed by atoms with Gasteiger partial charge in [0.1, 0.15) is 12.2 Å². The van der Waals surface area contributed by atoms with E-state index in [1.807, 2.05) is 0 Å². The molecule has 0 aromatic rings. The second kappa shape index (κ2) is 4.31. The van der Waals surface area contributed by atoms with Crippen LogP contribution in [0.25, 0.3) is 0 Å². The lowest BCUT2D eigenvalue weighted by Gasteiger charge is -2.40. The first-order valence-corrected chi connectivity index (χ1v) is 6.80. The summed E-state index contributed by atoms with van der Waals surface area (Å²) in [4.78, 5) is 25.8. The molecule has 0 aromatic carbocycles. The number of nitrogens with one attached hydrogen (secondary N) is 1. The highest BCUT2D eigenvalue weighted by Crippen LogP contribution is 2.33. The average molecular weight is 252 g/mol. The van der Waals surface area contributed by atoms with Gasteiger partial charge in [-0.25, -0.2) is 0 Å². The molecule has 3 rings (SSSR count). The summed E-state index contributed by atoms with van der Waals surface area (Å²) < 4.78 is 5.42. The lowest BCUT2D eigenvalue weighted by Crippen LogP contribution is -2.56. The van der Waals surface area contributed by atoms with Crippen LogP contribution < -0.4 is 5.32 Å². The molecule has 2 bridgehead atoms. The number of carbonyl (C=O) groups excluding carboxylic acids is 2. The van der Waals surface area contributed by atoms with Gasteiger partial charge in [0.2, 0.25) is 0 Å². The van der Waals surface area contributed by atoms with Gasteiger partial charge in [-0.1, -0.05) is 6.92 Å². The van der Waals surface area contributed by atoms with E-state index in [1.54, 1.807) is 0 Å². The lowest BCUT2D eigenvalue weighted by atomic mass is 9.82. The van der Waals surface area contributed by atoms with Crippen LogP contribution in [0.4, 0.5) is 0 Å². The van der Waals surface area contributed by atoms with Crippen molar-refractivity contribution in [1.29, 1.82) is 0 Å². The van der Waals surface area contributed by atoms with Crippen molar-refractivity contribution in [1.82, 2.24) is 10.2 Å². The fourth-order valence-electron chi connectivity index (χ4n) is 3.25. The first-order valence-electron chi connectivity index (χ1n) is 6.80. The minimum atomic E-state index is -0.368. The van der Waals surface area contributed by atoms with Gasteiger partial charge in [0.15, 0.2) is 0 Å². The largest absolute Gasteiger partial charge is 0.355 e. The molecule has 0 spiro atoms. The Balaban J connectivity index is 1.75. The molecular weight excluding hydrogens is 232 g/mol. The molecule has 3 heterocycles. The Hall–Kier alpha value is -0.940. The van der Waals surface area contributed by atoms with Crippen molar-refractivity contribution in [3.05, 3.63) is 0 Å². The van der Waals surface area contributed by atoms with Crippen molar-refractivity contribution >= 4 is 11.8 Å². The number of nitrogens with zero attached hydrogens (tertiary/aromatic N) is 1. The fraction of sp³-hybridized carbons (Fsp3) is 0.846. The number of hydrogen-bond acceptors (Lipinski definition) is 4. The first kappa shape index (κ1) is 12.1. The molecule has 100 valence electrons. The Morgan fingerprint density at radius 3 is 2.56 bits per heavy atom. The van der Waals surface area contributed by atoms with Gasteiger partial charge in [0.25, 0.3) is 11.8 Å². The number of morpholine rings is 1. The van der Waals surface area contributed by atoms with Crippen molar-refractivity contribution < 1.29 is 14.3 Å². The number of carbonyl (C=O) groups is 2. The number of rotatable bonds is 2. The molecule has 3 aliphatic heterocycles. The predicted molar refractivity (Wildman–Crippen MR) is 64.8 cm³/mol. The topological polar surface area (TPSA) is 58.6 Å². The molecule has 3 aliphatic rings. The molecule has 18 heavy (non-hydrogen) atoms. The SMILES string of the molecule is CC1(CN2C(=O)C3CCC(O3)C2=O)CCCNC1. The summed E-state index contributed by atoms with van der Waals surface area (Å²) >= 11 is 0. The van der Waals surface area contributed by atoms with Crippen LogP contribution in [0.5, 0.6) is 0 Å². The van der Waals surface area contributed by atoms with E-state index in [1.165, 1.54) is 4.90 Å². The van der Waals surface area contributed by atoms with Gasteiger partial charge in [-0.3, -0.25) is 14.5 Å². The van der Waals surface area contributed by atoms with Crippen molar-refractivity contribution in [3.8, 4) is 0 Å². The molecule has 0 aromatic heterocycles. The van der Waals surface area contributed by atoms with Crippen LogP contribution in [0.2, 0.25) is 0 Å². The van der Waals surface area contributed by atoms with Crippen molar-refractivity contribution in [2.75, 3.05) is 19.6 Å². The molecule has 3 saturated heterocycles. The van der Waals surface area contributed by atoms with Gasteiger partial charge in [-0.05, 0) is 37.6 Å². The maximum absolute atomic E-state index is 12.2. The third-order valence-electron chi connectivity index (χ3n) is 4.33. The number of ether oxygens (including phenoxy) is 1. The lowest BCUT2D eigenvalue weighted by molar-refractivity contribution is -0.170. The smallest absolute Gasteiger partial charge is 0.258 e. The number of hydrogen-bond donors (Lipinski definition) is 1. The molecule has 0 radical (unpaired) electrons. The molecule has 3 atom stereocenters. The average Bonchev–Trinajstić information content (AvgIpc) is 2.80. The number of piperidine rings is 1. The van der Waals surface area contributed by atoms with Crippen LogP contribution in [-0.2, 0) is 14.3 Å². The predicted octanol–water partition coefficient (Wildman–Crippen LogP) is 0.293. The number of amides is 2. The monoisotopic (exact) mass is 252 g/mol. The zero-order valence-corrected chi connectivity index (χ0v) is 10.8. The number of likely N-dealkylation sites (tertiary alicyclic amines) is 1. The molecule has 1 N–H and O–H groups in total. The Labute approximate surface area is 107 Å². The van der Waals surface area contributed by atoms with Gasteiger partial charge in [-0.15, -0.1) is 0 Å². The Kier molecular flexibility index (Phi) is 2.90. The summed E-state index contributed by atoms with van der Waals surface area (Å²) in [7, 11) is 0. The summed E-state index contributed by atoms with van der Waals surface area (Å²) in [6, 6.07) is 0. The van der Waals surface area contributed by atoms with E-state index in [-0.39, 0.29) is 29.4 Å². The Morgan fingerprint density at radius 2 is 2.00 bits per heavy atom. The molecular formula is C13H20N2O3. The standard InChI is InChI=1S/C13H20N2O3/c1-13(5-2-6-14-7-13)8-15-11(16)9-3-4-10(18-9)12(15)17/h9-10,14H,2-8H2,1H3. The maximum atomic E-state index is 12.2. The van der Waals surface area contributed by atoms with Gasteiger partial charge in [0.05, 0.1) is 0 Å². The van der Waals surface area contributed by atoms with Gasteiger partial charge >= 0.3 is 0 Å². The van der Waals surface area contributed by atoms with Gasteiger partial charge in [0, 0.05) is 13.1 Å². The zero-order chi connectivity index (χ0) is 12.8. The third-order valence-corrected chi connectivity index (χ3v) is 4.33. The summed E-state index contributed by atoms with van der Waals surface area (Å²) in [5.41, 5.74) is 0.0142. The highest BCUT2D eigenvalue weighted by molar-refractivity contribution is 6.02. The van der Waals surface area contributed by atoms with Gasteiger partial charge < -0.3 is 10.1 Å². The van der Waals surface area contributed by atoms with Crippen LogP contribution in [0, 0.1) is 5.41 Å². The molecule has 3 fully saturated rings.